The molecule has 4 heteroatoms. The smallest absolute Gasteiger partial charge is 0.237 e. The first-order valence-corrected chi connectivity index (χ1v) is 7.67. The zero-order valence-electron chi connectivity index (χ0n) is 11.5. The van der Waals surface area contributed by atoms with E-state index in [0.717, 1.165) is 13.0 Å². The number of hydrogen-bond acceptors (Lipinski definition) is 3. The lowest BCUT2D eigenvalue weighted by Crippen LogP contribution is -2.47. The molecule has 104 valence electrons. The fourth-order valence-electron chi connectivity index (χ4n) is 2.52. The van der Waals surface area contributed by atoms with Crippen LogP contribution in [0.1, 0.15) is 20.9 Å². The van der Waals surface area contributed by atoms with Gasteiger partial charge in [-0.1, -0.05) is 24.3 Å². The molecule has 20 heavy (non-hydrogen) atoms. The summed E-state index contributed by atoms with van der Waals surface area (Å²) in [6, 6.07) is 12.3. The molecule has 3 rings (SSSR count). The number of benzene rings is 1. The fraction of sp³-hybridized carbons (Fsp3) is 0.312. The number of nitrogens with one attached hydrogen (secondary N) is 2. The maximum atomic E-state index is 12.2. The molecule has 1 atom stereocenters. The Hall–Kier alpha value is -1.65. The average Bonchev–Trinajstić information content (AvgIpc) is 2.90. The summed E-state index contributed by atoms with van der Waals surface area (Å²) in [6.07, 6.45) is 0.769. The summed E-state index contributed by atoms with van der Waals surface area (Å²) in [5.41, 5.74) is 2.57. The topological polar surface area (TPSA) is 41.1 Å². The zero-order valence-corrected chi connectivity index (χ0v) is 12.3. The number of fused-ring (bicyclic) bond motifs is 1. The van der Waals surface area contributed by atoms with Gasteiger partial charge in [0.2, 0.25) is 5.91 Å². The predicted molar refractivity (Wildman–Crippen MR) is 81.7 cm³/mol. The quantitative estimate of drug-likeness (QED) is 0.909. The zero-order chi connectivity index (χ0) is 13.9. The maximum absolute atomic E-state index is 12.2. The van der Waals surface area contributed by atoms with Crippen LogP contribution in [0.25, 0.3) is 0 Å². The highest BCUT2D eigenvalue weighted by Gasteiger charge is 2.23. The van der Waals surface area contributed by atoms with Gasteiger partial charge in [-0.2, -0.15) is 0 Å². The third-order valence-electron chi connectivity index (χ3n) is 3.63. The summed E-state index contributed by atoms with van der Waals surface area (Å²) in [6.45, 7) is 3.47. The van der Waals surface area contributed by atoms with Crippen molar-refractivity contribution in [2.75, 3.05) is 0 Å². The highest BCUT2D eigenvalue weighted by molar-refractivity contribution is 7.11. The van der Waals surface area contributed by atoms with Gasteiger partial charge in [0, 0.05) is 16.3 Å². The molecule has 0 radical (unpaired) electrons. The number of carbonyl (C=O) groups is 1. The first-order chi connectivity index (χ1) is 9.72. The van der Waals surface area contributed by atoms with Crippen molar-refractivity contribution in [1.82, 2.24) is 10.6 Å². The van der Waals surface area contributed by atoms with E-state index < -0.39 is 0 Å². The molecule has 2 aromatic rings. The number of rotatable bonds is 3. The van der Waals surface area contributed by atoms with Crippen LogP contribution in [-0.2, 0) is 24.3 Å². The lowest BCUT2D eigenvalue weighted by molar-refractivity contribution is -0.123. The molecule has 1 aromatic carbocycles. The van der Waals surface area contributed by atoms with Crippen LogP contribution in [0.3, 0.4) is 0 Å². The molecule has 0 fully saturated rings. The van der Waals surface area contributed by atoms with E-state index in [2.05, 4.69) is 41.8 Å². The van der Waals surface area contributed by atoms with E-state index in [-0.39, 0.29) is 11.9 Å². The Labute approximate surface area is 123 Å². The lowest BCUT2D eigenvalue weighted by Gasteiger charge is -2.25. The summed E-state index contributed by atoms with van der Waals surface area (Å²) in [5, 5.41) is 6.33. The Morgan fingerprint density at radius 2 is 2.10 bits per heavy atom. The van der Waals surface area contributed by atoms with Crippen molar-refractivity contribution in [3.05, 3.63) is 57.3 Å². The highest BCUT2D eigenvalue weighted by atomic mass is 32.1. The second-order valence-corrected chi connectivity index (χ2v) is 6.51. The van der Waals surface area contributed by atoms with Crippen molar-refractivity contribution in [1.29, 1.82) is 0 Å². The molecule has 2 heterocycles. The number of carbonyl (C=O) groups excluding carboxylic acids is 1. The molecule has 1 amide bonds. The van der Waals surface area contributed by atoms with Gasteiger partial charge < -0.3 is 10.6 Å². The van der Waals surface area contributed by atoms with Crippen molar-refractivity contribution in [3.63, 3.8) is 0 Å². The van der Waals surface area contributed by atoms with Crippen molar-refractivity contribution < 1.29 is 4.79 Å². The molecule has 1 aromatic heterocycles. The van der Waals surface area contributed by atoms with Crippen molar-refractivity contribution >= 4 is 17.2 Å². The minimum Gasteiger partial charge on any atom is -0.350 e. The van der Waals surface area contributed by atoms with Gasteiger partial charge in [0.1, 0.15) is 0 Å². The molecule has 0 bridgehead atoms. The number of aryl methyl sites for hydroxylation is 1. The van der Waals surface area contributed by atoms with E-state index in [4.69, 9.17) is 0 Å². The highest BCUT2D eigenvalue weighted by Crippen LogP contribution is 2.17. The molecule has 3 nitrogen and oxygen atoms in total. The van der Waals surface area contributed by atoms with Crippen LogP contribution in [-0.4, -0.2) is 11.9 Å². The fourth-order valence-corrected chi connectivity index (χ4v) is 3.35. The second kappa shape index (κ2) is 5.77. The Morgan fingerprint density at radius 3 is 2.85 bits per heavy atom. The van der Waals surface area contributed by atoms with Crippen molar-refractivity contribution in [2.45, 2.75) is 32.5 Å². The first kappa shape index (κ1) is 13.3. The summed E-state index contributed by atoms with van der Waals surface area (Å²) in [5.74, 6) is 0.0885. The van der Waals surface area contributed by atoms with Gasteiger partial charge in [-0.3, -0.25) is 4.79 Å². The van der Waals surface area contributed by atoms with Crippen LogP contribution < -0.4 is 10.6 Å². The molecular formula is C16H18N2OS. The van der Waals surface area contributed by atoms with E-state index in [1.165, 1.54) is 20.9 Å². The molecule has 2 N–H and O–H groups in total. The Bertz CT molecular complexity index is 620. The lowest BCUT2D eigenvalue weighted by atomic mass is 9.95. The maximum Gasteiger partial charge on any atom is 0.237 e. The summed E-state index contributed by atoms with van der Waals surface area (Å²) in [7, 11) is 0. The van der Waals surface area contributed by atoms with E-state index in [1.807, 2.05) is 12.1 Å². The molecule has 0 spiro atoms. The second-order valence-electron chi connectivity index (χ2n) is 5.14. The SMILES string of the molecule is Cc1ccc(CNC(=O)[C@@H]2Cc3ccccc3CN2)s1. The van der Waals surface area contributed by atoms with Crippen LogP contribution in [0, 0.1) is 6.92 Å². The van der Waals surface area contributed by atoms with E-state index >= 15 is 0 Å². The normalized spacial score (nSPS) is 17.6. The van der Waals surface area contributed by atoms with Crippen molar-refractivity contribution in [3.8, 4) is 0 Å². The van der Waals surface area contributed by atoms with Gasteiger partial charge in [-0.05, 0) is 36.6 Å². The largest absolute Gasteiger partial charge is 0.350 e. The van der Waals surface area contributed by atoms with Gasteiger partial charge in [0.25, 0.3) is 0 Å². The predicted octanol–water partition coefficient (Wildman–Crippen LogP) is 2.39. The van der Waals surface area contributed by atoms with Gasteiger partial charge in [0.15, 0.2) is 0 Å². The van der Waals surface area contributed by atoms with E-state index in [1.54, 1.807) is 11.3 Å². The van der Waals surface area contributed by atoms with E-state index in [0.29, 0.717) is 6.54 Å². The standard InChI is InChI=1S/C16H18N2OS/c1-11-6-7-14(20-11)10-18-16(19)15-8-12-4-2-3-5-13(12)9-17-15/h2-7,15,17H,8-10H2,1H3,(H,18,19)/t15-/m0/s1. The molecule has 0 saturated carbocycles. The van der Waals surface area contributed by atoms with Crippen LogP contribution in [0.5, 0.6) is 0 Å². The molecule has 1 aliphatic heterocycles. The number of amides is 1. The van der Waals surface area contributed by atoms with Crippen LogP contribution in [0.4, 0.5) is 0 Å². The number of thiophene rings is 1. The van der Waals surface area contributed by atoms with Gasteiger partial charge >= 0.3 is 0 Å². The third-order valence-corrected chi connectivity index (χ3v) is 4.63. The van der Waals surface area contributed by atoms with Gasteiger partial charge in [-0.25, -0.2) is 0 Å². The third kappa shape index (κ3) is 2.92. The Morgan fingerprint density at radius 1 is 1.30 bits per heavy atom. The van der Waals surface area contributed by atoms with Crippen molar-refractivity contribution in [2.24, 2.45) is 0 Å². The summed E-state index contributed by atoms with van der Waals surface area (Å²) in [4.78, 5) is 14.7. The molecular weight excluding hydrogens is 268 g/mol. The van der Waals surface area contributed by atoms with Gasteiger partial charge in [0.05, 0.1) is 12.6 Å². The Kier molecular flexibility index (Phi) is 3.85. The minimum atomic E-state index is -0.119. The molecule has 1 aliphatic rings. The van der Waals surface area contributed by atoms with E-state index in [9.17, 15) is 4.79 Å². The van der Waals surface area contributed by atoms with Crippen LogP contribution in [0.15, 0.2) is 36.4 Å². The molecule has 0 unspecified atom stereocenters. The molecule has 0 aliphatic carbocycles. The minimum absolute atomic E-state index is 0.0885. The summed E-state index contributed by atoms with van der Waals surface area (Å²) >= 11 is 1.73. The monoisotopic (exact) mass is 286 g/mol. The summed E-state index contributed by atoms with van der Waals surface area (Å²) < 4.78 is 0. The van der Waals surface area contributed by atoms with Crippen LogP contribution >= 0.6 is 11.3 Å². The first-order valence-electron chi connectivity index (χ1n) is 6.85. The van der Waals surface area contributed by atoms with Gasteiger partial charge in [-0.15, -0.1) is 11.3 Å². The number of hydrogen-bond donors (Lipinski definition) is 2. The Balaban J connectivity index is 1.59. The molecule has 0 saturated heterocycles. The van der Waals surface area contributed by atoms with Crippen LogP contribution in [0.2, 0.25) is 0 Å². The average molecular weight is 286 g/mol.